The van der Waals surface area contributed by atoms with Gasteiger partial charge in [0, 0.05) is 19.1 Å². The van der Waals surface area contributed by atoms with Gasteiger partial charge in [-0.25, -0.2) is 13.1 Å². The summed E-state index contributed by atoms with van der Waals surface area (Å²) in [5.74, 6) is 0.750. The van der Waals surface area contributed by atoms with E-state index in [0.717, 1.165) is 5.56 Å². The van der Waals surface area contributed by atoms with Gasteiger partial charge in [0.05, 0.1) is 37.9 Å². The maximum atomic E-state index is 13.1. The van der Waals surface area contributed by atoms with Crippen molar-refractivity contribution in [3.63, 3.8) is 0 Å². The number of ether oxygens (including phenoxy) is 3. The van der Waals surface area contributed by atoms with Crippen molar-refractivity contribution in [3.05, 3.63) is 53.6 Å². The van der Waals surface area contributed by atoms with E-state index >= 15 is 0 Å². The second-order valence-corrected chi connectivity index (χ2v) is 8.84. The number of hydrogen-bond acceptors (Lipinski definition) is 6. The molecule has 0 aliphatic carbocycles. The van der Waals surface area contributed by atoms with Crippen molar-refractivity contribution in [1.29, 1.82) is 0 Å². The molecule has 9 heteroatoms. The fourth-order valence-corrected chi connectivity index (χ4v) is 4.77. The molecule has 1 heterocycles. The lowest BCUT2D eigenvalue weighted by Crippen LogP contribution is -2.40. The van der Waals surface area contributed by atoms with Crippen molar-refractivity contribution in [2.45, 2.75) is 24.3 Å². The Bertz CT molecular complexity index is 1000. The van der Waals surface area contributed by atoms with Crippen molar-refractivity contribution in [2.24, 2.45) is 0 Å². The van der Waals surface area contributed by atoms with Crippen LogP contribution in [0.1, 0.15) is 35.3 Å². The van der Waals surface area contributed by atoms with E-state index in [9.17, 15) is 13.2 Å². The highest BCUT2D eigenvalue weighted by atomic mass is 32.2. The van der Waals surface area contributed by atoms with Crippen molar-refractivity contribution in [2.75, 3.05) is 40.5 Å². The fourth-order valence-electron chi connectivity index (χ4n) is 3.44. The van der Waals surface area contributed by atoms with E-state index in [1.807, 2.05) is 19.1 Å². The Labute approximate surface area is 183 Å². The van der Waals surface area contributed by atoms with Gasteiger partial charge < -0.3 is 19.1 Å². The molecule has 2 aromatic rings. The monoisotopic (exact) mass is 448 g/mol. The van der Waals surface area contributed by atoms with E-state index in [1.165, 1.54) is 25.3 Å². The Morgan fingerprint density at radius 3 is 2.35 bits per heavy atom. The molecule has 1 unspecified atom stereocenters. The second-order valence-electron chi connectivity index (χ2n) is 7.12. The molecule has 0 bridgehead atoms. The summed E-state index contributed by atoms with van der Waals surface area (Å²) in [6.45, 7) is 3.71. The molecule has 168 valence electrons. The number of morpholine rings is 1. The summed E-state index contributed by atoms with van der Waals surface area (Å²) < 4.78 is 44.8. The molecule has 8 nitrogen and oxygen atoms in total. The molecule has 1 aliphatic heterocycles. The van der Waals surface area contributed by atoms with Gasteiger partial charge in [-0.2, -0.15) is 0 Å². The van der Waals surface area contributed by atoms with Gasteiger partial charge in [-0.15, -0.1) is 0 Å². The zero-order valence-electron chi connectivity index (χ0n) is 18.0. The van der Waals surface area contributed by atoms with Crippen LogP contribution in [-0.2, 0) is 14.8 Å². The van der Waals surface area contributed by atoms with Crippen LogP contribution in [0.4, 0.5) is 0 Å². The lowest BCUT2D eigenvalue weighted by molar-refractivity contribution is 0.0300. The summed E-state index contributed by atoms with van der Waals surface area (Å²) in [5.41, 5.74) is 1.04. The molecule has 1 saturated heterocycles. The highest BCUT2D eigenvalue weighted by Gasteiger charge is 2.26. The zero-order chi connectivity index (χ0) is 22.4. The van der Waals surface area contributed by atoms with Crippen LogP contribution in [0.25, 0.3) is 0 Å². The molecule has 0 spiro atoms. The van der Waals surface area contributed by atoms with Gasteiger partial charge in [-0.1, -0.05) is 19.1 Å². The first-order valence-corrected chi connectivity index (χ1v) is 11.6. The third-order valence-corrected chi connectivity index (χ3v) is 6.70. The quantitative estimate of drug-likeness (QED) is 0.667. The molecule has 1 aliphatic rings. The number of sulfonamides is 1. The third-order valence-electron chi connectivity index (χ3n) is 5.23. The highest BCUT2D eigenvalue weighted by molar-refractivity contribution is 7.89. The standard InChI is InChI=1S/C22H28N2O6S/c1-4-20(16-5-7-17(28-2)8-6-16)23-31(26,27)18-9-10-21(29-3)19(15-18)22(25)24-11-13-30-14-12-24/h5-10,15,20,23H,4,11-14H2,1-3H3. The molecule has 1 amide bonds. The molecule has 1 atom stereocenters. The summed E-state index contributed by atoms with van der Waals surface area (Å²) in [5, 5.41) is 0. The Kier molecular flexibility index (Phi) is 7.53. The van der Waals surface area contributed by atoms with Gasteiger partial charge in [0.1, 0.15) is 11.5 Å². The predicted octanol–water partition coefficient (Wildman–Crippen LogP) is 2.61. The van der Waals surface area contributed by atoms with Crippen LogP contribution in [0.3, 0.4) is 0 Å². The first kappa shape index (κ1) is 23.1. The first-order valence-electron chi connectivity index (χ1n) is 10.1. The number of carbonyl (C=O) groups is 1. The number of methoxy groups -OCH3 is 2. The largest absolute Gasteiger partial charge is 0.497 e. The van der Waals surface area contributed by atoms with Crippen molar-refractivity contribution < 1.29 is 27.4 Å². The number of hydrogen-bond donors (Lipinski definition) is 1. The Hall–Kier alpha value is -2.62. The van der Waals surface area contributed by atoms with Crippen LogP contribution in [0.15, 0.2) is 47.4 Å². The topological polar surface area (TPSA) is 94.2 Å². The van der Waals surface area contributed by atoms with E-state index in [4.69, 9.17) is 14.2 Å². The number of nitrogens with zero attached hydrogens (tertiary/aromatic N) is 1. The first-order chi connectivity index (χ1) is 14.9. The van der Waals surface area contributed by atoms with Crippen LogP contribution in [0.2, 0.25) is 0 Å². The molecule has 0 aromatic heterocycles. The van der Waals surface area contributed by atoms with Gasteiger partial charge in [0.2, 0.25) is 10.0 Å². The number of benzene rings is 2. The van der Waals surface area contributed by atoms with E-state index < -0.39 is 16.1 Å². The molecule has 1 N–H and O–H groups in total. The average Bonchev–Trinajstić information content (AvgIpc) is 2.82. The van der Waals surface area contributed by atoms with Gasteiger partial charge in [-0.05, 0) is 42.3 Å². The number of rotatable bonds is 8. The molecule has 2 aromatic carbocycles. The molecule has 0 radical (unpaired) electrons. The van der Waals surface area contributed by atoms with Crippen LogP contribution >= 0.6 is 0 Å². The van der Waals surface area contributed by atoms with E-state index in [-0.39, 0.29) is 16.4 Å². The predicted molar refractivity (Wildman–Crippen MR) is 116 cm³/mol. The fraction of sp³-hybridized carbons (Fsp3) is 0.409. The molecule has 1 fully saturated rings. The normalized spacial score (nSPS) is 15.4. The Morgan fingerprint density at radius 1 is 1.10 bits per heavy atom. The van der Waals surface area contributed by atoms with Gasteiger partial charge in [-0.3, -0.25) is 4.79 Å². The van der Waals surface area contributed by atoms with Crippen LogP contribution in [-0.4, -0.2) is 59.7 Å². The maximum Gasteiger partial charge on any atom is 0.257 e. The van der Waals surface area contributed by atoms with Gasteiger partial charge in [0.15, 0.2) is 0 Å². The molecular formula is C22H28N2O6S. The van der Waals surface area contributed by atoms with Crippen LogP contribution in [0, 0.1) is 0 Å². The molecule has 31 heavy (non-hydrogen) atoms. The van der Waals surface area contributed by atoms with E-state index in [1.54, 1.807) is 24.1 Å². The maximum absolute atomic E-state index is 13.1. The zero-order valence-corrected chi connectivity index (χ0v) is 18.8. The Balaban J connectivity index is 1.87. The summed E-state index contributed by atoms with van der Waals surface area (Å²) >= 11 is 0. The van der Waals surface area contributed by atoms with Gasteiger partial charge in [0.25, 0.3) is 5.91 Å². The molecule has 0 saturated carbocycles. The smallest absolute Gasteiger partial charge is 0.257 e. The summed E-state index contributed by atoms with van der Waals surface area (Å²) in [7, 11) is -0.849. The van der Waals surface area contributed by atoms with Crippen LogP contribution < -0.4 is 14.2 Å². The molecule has 3 rings (SSSR count). The summed E-state index contributed by atoms with van der Waals surface area (Å²) in [6.07, 6.45) is 0.557. The highest BCUT2D eigenvalue weighted by Crippen LogP contribution is 2.27. The summed E-state index contributed by atoms with van der Waals surface area (Å²) in [6, 6.07) is 11.1. The third kappa shape index (κ3) is 5.36. The number of amides is 1. The number of nitrogens with one attached hydrogen (secondary N) is 1. The second kappa shape index (κ2) is 10.1. The average molecular weight is 449 g/mol. The van der Waals surface area contributed by atoms with Crippen LogP contribution in [0.5, 0.6) is 11.5 Å². The van der Waals surface area contributed by atoms with Crippen molar-refractivity contribution >= 4 is 15.9 Å². The minimum Gasteiger partial charge on any atom is -0.497 e. The minimum absolute atomic E-state index is 0.0110. The van der Waals surface area contributed by atoms with Gasteiger partial charge >= 0.3 is 0 Å². The minimum atomic E-state index is -3.88. The summed E-state index contributed by atoms with van der Waals surface area (Å²) in [4.78, 5) is 14.6. The lowest BCUT2D eigenvalue weighted by Gasteiger charge is -2.27. The number of carbonyl (C=O) groups excluding carboxylic acids is 1. The van der Waals surface area contributed by atoms with Crippen molar-refractivity contribution in [1.82, 2.24) is 9.62 Å². The lowest BCUT2D eigenvalue weighted by atomic mass is 10.1. The van der Waals surface area contributed by atoms with Crippen molar-refractivity contribution in [3.8, 4) is 11.5 Å². The van der Waals surface area contributed by atoms with E-state index in [0.29, 0.717) is 44.2 Å². The van der Waals surface area contributed by atoms with E-state index in [2.05, 4.69) is 4.72 Å². The Morgan fingerprint density at radius 2 is 1.77 bits per heavy atom. The molecular weight excluding hydrogens is 420 g/mol. The SMILES string of the molecule is CCC(NS(=O)(=O)c1ccc(OC)c(C(=O)N2CCOCC2)c1)c1ccc(OC)cc1.